The molecule has 1 rings (SSSR count). The number of nitrogens with zero attached hydrogens (tertiary/aromatic N) is 1. The lowest BCUT2D eigenvalue weighted by Crippen LogP contribution is -2.46. The largest absolute Gasteiger partial charge is 0.389 e. The molecule has 0 aromatic heterocycles. The highest BCUT2D eigenvalue weighted by atomic mass is 16.5. The van der Waals surface area contributed by atoms with Crippen molar-refractivity contribution in [2.45, 2.75) is 38.6 Å². The maximum Gasteiger partial charge on any atom is 0.0900 e. The van der Waals surface area contributed by atoms with Gasteiger partial charge in [0.15, 0.2) is 0 Å². The molecule has 1 heterocycles. The third-order valence-electron chi connectivity index (χ3n) is 3.12. The van der Waals surface area contributed by atoms with Crippen molar-refractivity contribution in [1.82, 2.24) is 4.90 Å². The van der Waals surface area contributed by atoms with Crippen molar-refractivity contribution >= 4 is 0 Å². The van der Waals surface area contributed by atoms with E-state index in [9.17, 15) is 5.11 Å². The van der Waals surface area contributed by atoms with Gasteiger partial charge in [0.2, 0.25) is 0 Å². The van der Waals surface area contributed by atoms with Crippen LogP contribution in [0.2, 0.25) is 0 Å². The summed E-state index contributed by atoms with van der Waals surface area (Å²) in [5, 5.41) is 9.93. The normalized spacial score (nSPS) is 25.0. The standard InChI is InChI=1S/C13H27NO4/c1-4-13-8-14(5-6-17-13)7-12(15)10-18-11(2)9-16-3/h11-13,15H,4-10H2,1-3H3. The van der Waals surface area contributed by atoms with Crippen LogP contribution in [0, 0.1) is 0 Å². The molecule has 0 aromatic rings. The highest BCUT2D eigenvalue weighted by Crippen LogP contribution is 2.08. The number of hydrogen-bond donors (Lipinski definition) is 1. The molecule has 1 saturated heterocycles. The van der Waals surface area contributed by atoms with Gasteiger partial charge in [-0.25, -0.2) is 0 Å². The zero-order valence-electron chi connectivity index (χ0n) is 11.8. The fourth-order valence-electron chi connectivity index (χ4n) is 2.10. The predicted molar refractivity (Wildman–Crippen MR) is 69.8 cm³/mol. The Morgan fingerprint density at radius 2 is 2.22 bits per heavy atom. The van der Waals surface area contributed by atoms with Crippen LogP contribution in [0.4, 0.5) is 0 Å². The van der Waals surface area contributed by atoms with Gasteiger partial charge in [-0.15, -0.1) is 0 Å². The second-order valence-electron chi connectivity index (χ2n) is 4.91. The number of β-amino-alcohol motifs (C(OH)–C–C–N with tert-alkyl or cyclic N) is 1. The number of methoxy groups -OCH3 is 1. The molecule has 1 aliphatic rings. The molecular formula is C13H27NO4. The number of hydrogen-bond acceptors (Lipinski definition) is 5. The fourth-order valence-corrected chi connectivity index (χ4v) is 2.10. The Labute approximate surface area is 110 Å². The van der Waals surface area contributed by atoms with Crippen molar-refractivity contribution in [2.24, 2.45) is 0 Å². The van der Waals surface area contributed by atoms with E-state index in [1.165, 1.54) is 0 Å². The molecule has 0 aromatic carbocycles. The quantitative estimate of drug-likeness (QED) is 0.690. The van der Waals surface area contributed by atoms with E-state index in [4.69, 9.17) is 14.2 Å². The van der Waals surface area contributed by atoms with Gasteiger partial charge >= 0.3 is 0 Å². The summed E-state index contributed by atoms with van der Waals surface area (Å²) in [6.07, 6.45) is 0.908. The van der Waals surface area contributed by atoms with Gasteiger partial charge < -0.3 is 19.3 Å². The fraction of sp³-hybridized carbons (Fsp3) is 1.00. The Bertz CT molecular complexity index is 215. The van der Waals surface area contributed by atoms with Crippen molar-refractivity contribution < 1.29 is 19.3 Å². The zero-order chi connectivity index (χ0) is 13.4. The Morgan fingerprint density at radius 3 is 2.89 bits per heavy atom. The molecule has 5 nitrogen and oxygen atoms in total. The molecule has 0 amide bonds. The minimum Gasteiger partial charge on any atom is -0.389 e. The molecule has 0 aliphatic carbocycles. The molecule has 3 atom stereocenters. The van der Waals surface area contributed by atoms with Crippen LogP contribution in [0.25, 0.3) is 0 Å². The summed E-state index contributed by atoms with van der Waals surface area (Å²) in [5.41, 5.74) is 0. The third-order valence-corrected chi connectivity index (χ3v) is 3.12. The minimum absolute atomic E-state index is 0.0257. The van der Waals surface area contributed by atoms with E-state index in [1.54, 1.807) is 7.11 Å². The molecule has 108 valence electrons. The summed E-state index contributed by atoms with van der Waals surface area (Å²) in [6, 6.07) is 0. The van der Waals surface area contributed by atoms with Crippen LogP contribution in [0.15, 0.2) is 0 Å². The van der Waals surface area contributed by atoms with Gasteiger partial charge in [0.05, 0.1) is 38.1 Å². The average Bonchev–Trinajstić information content (AvgIpc) is 2.37. The number of ether oxygens (including phenoxy) is 3. The Kier molecular flexibility index (Phi) is 7.77. The van der Waals surface area contributed by atoms with Crippen molar-refractivity contribution in [2.75, 3.05) is 46.6 Å². The summed E-state index contributed by atoms with van der Waals surface area (Å²) < 4.78 is 16.1. The van der Waals surface area contributed by atoms with E-state index < -0.39 is 6.10 Å². The summed E-state index contributed by atoms with van der Waals surface area (Å²) in [6.45, 7) is 8.19. The molecule has 0 saturated carbocycles. The topological polar surface area (TPSA) is 51.2 Å². The van der Waals surface area contributed by atoms with Gasteiger partial charge in [-0.05, 0) is 13.3 Å². The van der Waals surface area contributed by atoms with Crippen LogP contribution >= 0.6 is 0 Å². The Morgan fingerprint density at radius 1 is 1.44 bits per heavy atom. The molecule has 1 N–H and O–H groups in total. The molecule has 1 fully saturated rings. The highest BCUT2D eigenvalue weighted by Gasteiger charge is 2.21. The van der Waals surface area contributed by atoms with Crippen molar-refractivity contribution in [3.63, 3.8) is 0 Å². The molecule has 3 unspecified atom stereocenters. The van der Waals surface area contributed by atoms with Crippen molar-refractivity contribution in [1.29, 1.82) is 0 Å². The van der Waals surface area contributed by atoms with Gasteiger partial charge in [-0.1, -0.05) is 6.92 Å². The summed E-state index contributed by atoms with van der Waals surface area (Å²) in [7, 11) is 1.65. The highest BCUT2D eigenvalue weighted by molar-refractivity contribution is 4.73. The summed E-state index contributed by atoms with van der Waals surface area (Å²) in [5.74, 6) is 0. The number of morpholine rings is 1. The molecule has 0 spiro atoms. The van der Waals surface area contributed by atoms with Crippen LogP contribution in [0.3, 0.4) is 0 Å². The molecular weight excluding hydrogens is 234 g/mol. The van der Waals surface area contributed by atoms with Crippen molar-refractivity contribution in [3.05, 3.63) is 0 Å². The van der Waals surface area contributed by atoms with Gasteiger partial charge in [0.1, 0.15) is 0 Å². The van der Waals surface area contributed by atoms with Gasteiger partial charge in [-0.2, -0.15) is 0 Å². The molecule has 5 heteroatoms. The van der Waals surface area contributed by atoms with Gasteiger partial charge in [0, 0.05) is 26.7 Å². The average molecular weight is 261 g/mol. The lowest BCUT2D eigenvalue weighted by Gasteiger charge is -2.33. The first-order chi connectivity index (χ1) is 8.65. The maximum absolute atomic E-state index is 9.93. The third kappa shape index (κ3) is 6.11. The van der Waals surface area contributed by atoms with E-state index in [2.05, 4.69) is 11.8 Å². The van der Waals surface area contributed by atoms with Crippen molar-refractivity contribution in [3.8, 4) is 0 Å². The number of aliphatic hydroxyl groups is 1. The maximum atomic E-state index is 9.93. The Balaban J connectivity index is 2.16. The SMILES string of the molecule is CCC1CN(CC(O)COC(C)COC)CCO1. The lowest BCUT2D eigenvalue weighted by molar-refractivity contribution is -0.0656. The Hall–Kier alpha value is -0.200. The molecule has 0 bridgehead atoms. The monoisotopic (exact) mass is 261 g/mol. The number of aliphatic hydroxyl groups excluding tert-OH is 1. The van der Waals surface area contributed by atoms with E-state index in [0.29, 0.717) is 25.9 Å². The lowest BCUT2D eigenvalue weighted by atomic mass is 10.2. The second-order valence-corrected chi connectivity index (χ2v) is 4.91. The minimum atomic E-state index is -0.445. The van der Waals surface area contributed by atoms with E-state index >= 15 is 0 Å². The van der Waals surface area contributed by atoms with Crippen LogP contribution in [-0.4, -0.2) is 74.9 Å². The van der Waals surface area contributed by atoms with Crippen LogP contribution in [0.1, 0.15) is 20.3 Å². The van der Waals surface area contributed by atoms with E-state index in [1.807, 2.05) is 6.92 Å². The number of rotatable bonds is 8. The smallest absolute Gasteiger partial charge is 0.0900 e. The van der Waals surface area contributed by atoms with Crippen LogP contribution in [-0.2, 0) is 14.2 Å². The molecule has 0 radical (unpaired) electrons. The van der Waals surface area contributed by atoms with E-state index in [0.717, 1.165) is 26.1 Å². The van der Waals surface area contributed by atoms with Crippen LogP contribution in [0.5, 0.6) is 0 Å². The first-order valence-corrected chi connectivity index (χ1v) is 6.78. The summed E-state index contributed by atoms with van der Waals surface area (Å²) >= 11 is 0. The molecule has 18 heavy (non-hydrogen) atoms. The van der Waals surface area contributed by atoms with Crippen LogP contribution < -0.4 is 0 Å². The van der Waals surface area contributed by atoms with E-state index in [-0.39, 0.29) is 6.10 Å². The summed E-state index contributed by atoms with van der Waals surface area (Å²) in [4.78, 5) is 2.24. The first-order valence-electron chi connectivity index (χ1n) is 6.78. The zero-order valence-corrected chi connectivity index (χ0v) is 11.8. The first kappa shape index (κ1) is 15.9. The van der Waals surface area contributed by atoms with Gasteiger partial charge in [-0.3, -0.25) is 4.90 Å². The molecule has 1 aliphatic heterocycles. The predicted octanol–water partition coefficient (Wildman–Crippen LogP) is 0.510. The second kappa shape index (κ2) is 8.82. The van der Waals surface area contributed by atoms with Gasteiger partial charge in [0.25, 0.3) is 0 Å².